The Morgan fingerprint density at radius 2 is 2.04 bits per heavy atom. The Balaban J connectivity index is 0.00000192. The molecule has 0 radical (unpaired) electrons. The summed E-state index contributed by atoms with van der Waals surface area (Å²) in [5.41, 5.74) is 6.59. The molecule has 128 valence electrons. The van der Waals surface area contributed by atoms with Crippen molar-refractivity contribution in [1.82, 2.24) is 4.90 Å². The summed E-state index contributed by atoms with van der Waals surface area (Å²) in [5, 5.41) is 0. The van der Waals surface area contributed by atoms with Gasteiger partial charge in [-0.05, 0) is 37.4 Å². The van der Waals surface area contributed by atoms with Crippen molar-refractivity contribution in [1.29, 1.82) is 0 Å². The Bertz CT molecular complexity index is 493. The highest BCUT2D eigenvalue weighted by Crippen LogP contribution is 2.29. The zero-order valence-electron chi connectivity index (χ0n) is 13.3. The van der Waals surface area contributed by atoms with E-state index in [0.717, 1.165) is 50.3 Å². The topological polar surface area (TPSA) is 64.8 Å². The van der Waals surface area contributed by atoms with Crippen LogP contribution in [0.25, 0.3) is 0 Å². The molecule has 1 atom stereocenters. The van der Waals surface area contributed by atoms with Crippen molar-refractivity contribution >= 4 is 18.3 Å². The van der Waals surface area contributed by atoms with Crippen LogP contribution in [0.5, 0.6) is 5.75 Å². The average Bonchev–Trinajstić information content (AvgIpc) is 2.99. The van der Waals surface area contributed by atoms with Crippen LogP contribution < -0.4 is 10.5 Å². The Labute approximate surface area is 143 Å². The number of fused-ring (bicyclic) bond motifs is 1. The number of rotatable bonds is 5. The van der Waals surface area contributed by atoms with Crippen LogP contribution in [0.15, 0.2) is 24.3 Å². The van der Waals surface area contributed by atoms with Crippen molar-refractivity contribution in [2.24, 2.45) is 5.73 Å². The van der Waals surface area contributed by atoms with E-state index in [2.05, 4.69) is 0 Å². The first-order valence-corrected chi connectivity index (χ1v) is 8.13. The highest BCUT2D eigenvalue weighted by Gasteiger charge is 2.33. The highest BCUT2D eigenvalue weighted by molar-refractivity contribution is 5.85. The van der Waals surface area contributed by atoms with E-state index in [9.17, 15) is 4.79 Å². The molecule has 1 aromatic rings. The number of ether oxygens (including phenoxy) is 2. The molecule has 0 saturated carbocycles. The number of para-hydroxylation sites is 1. The van der Waals surface area contributed by atoms with Crippen LogP contribution in [0, 0.1) is 0 Å². The Kier molecular flexibility index (Phi) is 6.69. The predicted molar refractivity (Wildman–Crippen MR) is 91.0 cm³/mol. The Hall–Kier alpha value is -1.30. The molecule has 1 aromatic carbocycles. The normalized spacial score (nSPS) is 20.6. The Morgan fingerprint density at radius 3 is 2.74 bits per heavy atom. The maximum atomic E-state index is 12.6. The zero-order chi connectivity index (χ0) is 15.4. The number of hydrogen-bond donors (Lipinski definition) is 1. The van der Waals surface area contributed by atoms with E-state index in [1.807, 2.05) is 29.2 Å². The van der Waals surface area contributed by atoms with Gasteiger partial charge in [0.25, 0.3) is 5.91 Å². The number of piperidine rings is 1. The van der Waals surface area contributed by atoms with Gasteiger partial charge in [-0.15, -0.1) is 12.4 Å². The lowest BCUT2D eigenvalue weighted by Gasteiger charge is -2.33. The van der Waals surface area contributed by atoms with E-state index in [1.54, 1.807) is 0 Å². The molecule has 2 aliphatic rings. The fraction of sp³-hybridized carbons (Fsp3) is 0.588. The number of hydrogen-bond acceptors (Lipinski definition) is 4. The van der Waals surface area contributed by atoms with E-state index in [0.29, 0.717) is 13.0 Å². The smallest absolute Gasteiger partial charge is 0.263 e. The van der Waals surface area contributed by atoms with Crippen molar-refractivity contribution in [3.8, 4) is 5.75 Å². The Morgan fingerprint density at radius 1 is 1.30 bits per heavy atom. The lowest BCUT2D eigenvalue weighted by Crippen LogP contribution is -2.46. The molecule has 1 fully saturated rings. The summed E-state index contributed by atoms with van der Waals surface area (Å²) in [7, 11) is 0. The lowest BCUT2D eigenvalue weighted by molar-refractivity contribution is -0.140. The van der Waals surface area contributed by atoms with Gasteiger partial charge in [-0.1, -0.05) is 18.2 Å². The number of amides is 1. The minimum Gasteiger partial charge on any atom is -0.480 e. The van der Waals surface area contributed by atoms with E-state index >= 15 is 0 Å². The number of nitrogens with zero attached hydrogens (tertiary/aromatic N) is 1. The highest BCUT2D eigenvalue weighted by atomic mass is 35.5. The molecule has 23 heavy (non-hydrogen) atoms. The van der Waals surface area contributed by atoms with E-state index in [1.165, 1.54) is 0 Å². The van der Waals surface area contributed by atoms with Crippen LogP contribution in [0.3, 0.4) is 0 Å². The van der Waals surface area contributed by atoms with Crippen LogP contribution in [0.2, 0.25) is 0 Å². The summed E-state index contributed by atoms with van der Waals surface area (Å²) in [4.78, 5) is 14.5. The molecular formula is C17H25ClN2O3. The maximum Gasteiger partial charge on any atom is 0.263 e. The molecule has 1 unspecified atom stereocenters. The number of carbonyl (C=O) groups is 1. The van der Waals surface area contributed by atoms with Crippen molar-refractivity contribution < 1.29 is 14.3 Å². The van der Waals surface area contributed by atoms with Crippen LogP contribution in [-0.2, 0) is 16.0 Å². The monoisotopic (exact) mass is 340 g/mol. The summed E-state index contributed by atoms with van der Waals surface area (Å²) >= 11 is 0. The molecule has 6 heteroatoms. The third kappa shape index (κ3) is 4.37. The van der Waals surface area contributed by atoms with E-state index in [-0.39, 0.29) is 30.5 Å². The molecular weight excluding hydrogens is 316 g/mol. The second-order valence-electron chi connectivity index (χ2n) is 5.96. The van der Waals surface area contributed by atoms with Gasteiger partial charge in [-0.3, -0.25) is 4.79 Å². The van der Waals surface area contributed by atoms with E-state index in [4.69, 9.17) is 15.2 Å². The van der Waals surface area contributed by atoms with Crippen molar-refractivity contribution in [2.75, 3.05) is 26.2 Å². The standard InChI is InChI=1S/C17H24N2O3.ClH/c18-8-3-11-21-14-6-9-19(10-7-14)17(20)16-12-13-4-1-2-5-15(13)22-16;/h1-2,4-5,14,16H,3,6-12,18H2;1H. The quantitative estimate of drug-likeness (QED) is 0.830. The first-order chi connectivity index (χ1) is 10.8. The summed E-state index contributed by atoms with van der Waals surface area (Å²) in [5.74, 6) is 0.956. The SMILES string of the molecule is Cl.NCCCOC1CCN(C(=O)C2Cc3ccccc3O2)CC1. The average molecular weight is 341 g/mol. The second-order valence-corrected chi connectivity index (χ2v) is 5.96. The largest absolute Gasteiger partial charge is 0.480 e. The minimum atomic E-state index is -0.355. The third-order valence-electron chi connectivity index (χ3n) is 4.38. The molecule has 2 heterocycles. The molecule has 1 amide bonds. The molecule has 0 aliphatic carbocycles. The second kappa shape index (κ2) is 8.52. The van der Waals surface area contributed by atoms with Gasteiger partial charge in [0.15, 0.2) is 6.10 Å². The summed E-state index contributed by atoms with van der Waals surface area (Å²) in [6.07, 6.45) is 3.28. The molecule has 2 aliphatic heterocycles. The lowest BCUT2D eigenvalue weighted by atomic mass is 10.1. The molecule has 0 spiro atoms. The molecule has 0 aromatic heterocycles. The van der Waals surface area contributed by atoms with Crippen molar-refractivity contribution in [3.05, 3.63) is 29.8 Å². The molecule has 0 bridgehead atoms. The minimum absolute atomic E-state index is 0. The van der Waals surface area contributed by atoms with Crippen molar-refractivity contribution in [2.45, 2.75) is 37.9 Å². The number of likely N-dealkylation sites (tertiary alicyclic amines) is 1. The third-order valence-corrected chi connectivity index (χ3v) is 4.38. The van der Waals surface area contributed by atoms with Gasteiger partial charge >= 0.3 is 0 Å². The van der Waals surface area contributed by atoms with Crippen LogP contribution >= 0.6 is 12.4 Å². The first kappa shape index (κ1) is 18.0. The van der Waals surface area contributed by atoms with Crippen LogP contribution in [-0.4, -0.2) is 49.3 Å². The summed E-state index contributed by atoms with van der Waals surface area (Å²) < 4.78 is 11.6. The fourth-order valence-electron chi connectivity index (χ4n) is 3.10. The predicted octanol–water partition coefficient (Wildman–Crippen LogP) is 1.77. The number of benzene rings is 1. The van der Waals surface area contributed by atoms with E-state index < -0.39 is 0 Å². The number of nitrogens with two attached hydrogens (primary N) is 1. The van der Waals surface area contributed by atoms with Gasteiger partial charge in [-0.2, -0.15) is 0 Å². The fourth-order valence-corrected chi connectivity index (χ4v) is 3.10. The molecule has 2 N–H and O–H groups in total. The van der Waals surface area contributed by atoms with Crippen molar-refractivity contribution in [3.63, 3.8) is 0 Å². The number of carbonyl (C=O) groups excluding carboxylic acids is 1. The number of halogens is 1. The molecule has 3 rings (SSSR count). The maximum absolute atomic E-state index is 12.6. The van der Waals surface area contributed by atoms with Gasteiger partial charge < -0.3 is 20.1 Å². The van der Waals surface area contributed by atoms with Gasteiger partial charge in [0, 0.05) is 26.1 Å². The summed E-state index contributed by atoms with van der Waals surface area (Å²) in [6, 6.07) is 7.88. The summed E-state index contributed by atoms with van der Waals surface area (Å²) in [6.45, 7) is 2.89. The van der Waals surface area contributed by atoms with Crippen LogP contribution in [0.4, 0.5) is 0 Å². The zero-order valence-corrected chi connectivity index (χ0v) is 14.1. The van der Waals surface area contributed by atoms with Gasteiger partial charge in [0.2, 0.25) is 0 Å². The van der Waals surface area contributed by atoms with Gasteiger partial charge in [-0.25, -0.2) is 0 Å². The van der Waals surface area contributed by atoms with Gasteiger partial charge in [0.05, 0.1) is 6.10 Å². The molecule has 1 saturated heterocycles. The van der Waals surface area contributed by atoms with Gasteiger partial charge in [0.1, 0.15) is 5.75 Å². The molecule has 5 nitrogen and oxygen atoms in total. The van der Waals surface area contributed by atoms with Crippen LogP contribution in [0.1, 0.15) is 24.8 Å². The first-order valence-electron chi connectivity index (χ1n) is 8.13.